The number of aromatic nitrogens is 7. The van der Waals surface area contributed by atoms with Gasteiger partial charge in [0.05, 0.1) is 18.7 Å². The van der Waals surface area contributed by atoms with E-state index in [1.54, 1.807) is 19.2 Å². The van der Waals surface area contributed by atoms with E-state index in [1.807, 2.05) is 61.2 Å². The van der Waals surface area contributed by atoms with Crippen LogP contribution in [0.2, 0.25) is 0 Å². The highest BCUT2D eigenvalue weighted by Gasteiger charge is 2.41. The number of aliphatic hydroxyl groups excluding tert-OH is 1. The lowest BCUT2D eigenvalue weighted by atomic mass is 9.81. The highest BCUT2D eigenvalue weighted by molar-refractivity contribution is 5.86. The SMILES string of the molecule is COc1ncnc(C2CC2)c1-c1ncnc(N(CCNC(O)NCc2ccc(C3=C4CCNC(=O)C5C=CC=C(N3)C45)cc2)Cc2ccc(-c3nc(C(F)(F)F)cn3C(C)C)cc2)n1. The van der Waals surface area contributed by atoms with Gasteiger partial charge in [-0.1, -0.05) is 60.7 Å². The highest BCUT2D eigenvalue weighted by Crippen LogP contribution is 2.45. The maximum Gasteiger partial charge on any atom is 0.434 e. The number of alkyl halides is 3. The van der Waals surface area contributed by atoms with Crippen molar-refractivity contribution in [3.8, 4) is 28.7 Å². The zero-order chi connectivity index (χ0) is 44.5. The van der Waals surface area contributed by atoms with Crippen molar-refractivity contribution in [1.29, 1.82) is 0 Å². The van der Waals surface area contributed by atoms with Crippen molar-refractivity contribution in [2.45, 2.75) is 70.7 Å². The molecule has 4 aliphatic rings. The molecule has 5 N–H and O–H groups in total. The molecule has 5 heterocycles. The summed E-state index contributed by atoms with van der Waals surface area (Å²) in [5.41, 5.74) is 7.22. The quantitative estimate of drug-likeness (QED) is 0.0746. The van der Waals surface area contributed by atoms with Gasteiger partial charge in [-0.15, -0.1) is 0 Å². The first-order chi connectivity index (χ1) is 30.9. The van der Waals surface area contributed by atoms with Crippen LogP contribution < -0.4 is 30.9 Å². The molecule has 1 saturated carbocycles. The Morgan fingerprint density at radius 3 is 2.45 bits per heavy atom. The van der Waals surface area contributed by atoms with Crippen molar-refractivity contribution in [1.82, 2.24) is 55.7 Å². The van der Waals surface area contributed by atoms with E-state index in [0.29, 0.717) is 61.5 Å². The largest absolute Gasteiger partial charge is 0.480 e. The molecule has 2 aliphatic heterocycles. The van der Waals surface area contributed by atoms with Crippen molar-refractivity contribution < 1.29 is 27.8 Å². The van der Waals surface area contributed by atoms with Crippen molar-refractivity contribution in [2.24, 2.45) is 11.8 Å². The first-order valence-corrected chi connectivity index (χ1v) is 21.4. The van der Waals surface area contributed by atoms with Crippen LogP contribution in [0.1, 0.15) is 73.1 Å². The normalized spacial score (nSPS) is 18.6. The highest BCUT2D eigenvalue weighted by atomic mass is 19.4. The summed E-state index contributed by atoms with van der Waals surface area (Å²) in [4.78, 5) is 41.4. The average molecular weight is 875 g/mol. The molecule has 64 heavy (non-hydrogen) atoms. The van der Waals surface area contributed by atoms with Gasteiger partial charge in [0.1, 0.15) is 24.0 Å². The summed E-state index contributed by atoms with van der Waals surface area (Å²) >= 11 is 0. The first kappa shape index (κ1) is 42.8. The number of hydrogen-bond acceptors (Lipinski definition) is 13. The van der Waals surface area contributed by atoms with Crippen LogP contribution in [0.15, 0.2) is 96.9 Å². The molecule has 18 heteroatoms. The van der Waals surface area contributed by atoms with Crippen LogP contribution in [0.3, 0.4) is 0 Å². The molecular weight excluding hydrogens is 826 g/mol. The summed E-state index contributed by atoms with van der Waals surface area (Å²) in [5, 5.41) is 23.9. The molecule has 3 atom stereocenters. The Balaban J connectivity index is 0.893. The van der Waals surface area contributed by atoms with Gasteiger partial charge in [-0.25, -0.2) is 24.9 Å². The second-order valence-corrected chi connectivity index (χ2v) is 16.6. The Labute approximate surface area is 368 Å². The van der Waals surface area contributed by atoms with Crippen molar-refractivity contribution in [3.63, 3.8) is 0 Å². The maximum atomic E-state index is 13.6. The van der Waals surface area contributed by atoms with Crippen molar-refractivity contribution >= 4 is 17.6 Å². The van der Waals surface area contributed by atoms with Gasteiger partial charge in [-0.3, -0.25) is 15.4 Å². The number of amides is 1. The molecule has 2 aromatic carbocycles. The fraction of sp³-hybridized carbons (Fsp3) is 0.370. The molecule has 9 rings (SSSR count). The molecule has 0 bridgehead atoms. The maximum absolute atomic E-state index is 13.6. The third-order valence-corrected chi connectivity index (χ3v) is 11.9. The number of halogens is 3. The minimum atomic E-state index is -4.57. The number of aliphatic hydroxyl groups is 1. The van der Waals surface area contributed by atoms with Gasteiger partial charge in [-0.2, -0.15) is 18.2 Å². The Bertz CT molecular complexity index is 2600. The molecule has 15 nitrogen and oxygen atoms in total. The van der Waals surface area contributed by atoms with E-state index < -0.39 is 18.2 Å². The Morgan fingerprint density at radius 2 is 1.72 bits per heavy atom. The fourth-order valence-electron chi connectivity index (χ4n) is 8.56. The molecule has 2 aliphatic carbocycles. The number of carbonyl (C=O) groups excluding carboxylic acids is 1. The number of nitrogens with zero attached hydrogens (tertiary/aromatic N) is 8. The van der Waals surface area contributed by atoms with Gasteiger partial charge in [0, 0.05) is 73.8 Å². The van der Waals surface area contributed by atoms with Gasteiger partial charge in [0.25, 0.3) is 0 Å². The third-order valence-electron chi connectivity index (χ3n) is 11.9. The van der Waals surface area contributed by atoms with Gasteiger partial charge >= 0.3 is 6.18 Å². The second kappa shape index (κ2) is 17.9. The molecule has 5 aromatic rings. The molecule has 1 amide bonds. The smallest absolute Gasteiger partial charge is 0.434 e. The van der Waals surface area contributed by atoms with Gasteiger partial charge in [0.2, 0.25) is 17.7 Å². The number of carbonyl (C=O) groups is 1. The number of anilines is 1. The van der Waals surface area contributed by atoms with Crippen LogP contribution in [0, 0.1) is 11.8 Å². The molecule has 1 saturated heterocycles. The molecular formula is C46H49F3N12O3. The molecule has 3 aromatic heterocycles. The summed E-state index contributed by atoms with van der Waals surface area (Å²) in [6.45, 7) is 5.60. The number of rotatable bonds is 16. The van der Waals surface area contributed by atoms with Crippen molar-refractivity contribution in [2.75, 3.05) is 31.6 Å². The van der Waals surface area contributed by atoms with Gasteiger partial charge < -0.3 is 29.9 Å². The van der Waals surface area contributed by atoms with Crippen LogP contribution in [0.5, 0.6) is 5.88 Å². The Kier molecular flexibility index (Phi) is 12.0. The van der Waals surface area contributed by atoms with Crippen LogP contribution in [-0.4, -0.2) is 78.6 Å². The summed E-state index contributed by atoms with van der Waals surface area (Å²) in [6, 6.07) is 15.1. The first-order valence-electron chi connectivity index (χ1n) is 21.4. The number of hydrogen-bond donors (Lipinski definition) is 5. The number of imidazole rings is 1. The van der Waals surface area contributed by atoms with E-state index >= 15 is 0 Å². The Morgan fingerprint density at radius 1 is 0.969 bits per heavy atom. The lowest BCUT2D eigenvalue weighted by molar-refractivity contribution is -0.141. The molecule has 0 radical (unpaired) electrons. The number of nitrogens with one attached hydrogen (secondary N) is 4. The standard InChI is InChI=1S/C46H49F3N12O3/c1-26(2)61-23-35(46(47,48)49)58-41(61)31-13-9-28(10-14-31)22-60(44-56-25-54-40(59-44)37-39(30-15-16-30)53-24-55-43(37)64-3)20-19-51-45(63)52-21-27-7-11-29(12-8-27)38-32-17-18-50-42(62)33-5-4-6-34(57-38)36(32)33/h4-14,23-26,30,33,36,45,51-52,57,63H,15-22H2,1-3H3,(H,50,62). The minimum Gasteiger partial charge on any atom is -0.480 e. The fourth-order valence-corrected chi connectivity index (χ4v) is 8.56. The monoisotopic (exact) mass is 874 g/mol. The molecule has 3 unspecified atom stereocenters. The molecule has 0 spiro atoms. The molecule has 2 fully saturated rings. The van der Waals surface area contributed by atoms with Crippen LogP contribution in [0.25, 0.3) is 28.5 Å². The minimum absolute atomic E-state index is 0.0279. The number of benzene rings is 2. The summed E-state index contributed by atoms with van der Waals surface area (Å²) in [7, 11) is 1.54. The van der Waals surface area contributed by atoms with E-state index in [2.05, 4.69) is 58.3 Å². The van der Waals surface area contributed by atoms with E-state index in [9.17, 15) is 23.1 Å². The average Bonchev–Trinajstić information content (AvgIpc) is 3.97. The summed E-state index contributed by atoms with van der Waals surface area (Å²) < 4.78 is 48.1. The summed E-state index contributed by atoms with van der Waals surface area (Å²) in [5.74, 6) is 1.45. The predicted molar refractivity (Wildman–Crippen MR) is 233 cm³/mol. The lowest BCUT2D eigenvalue weighted by Crippen LogP contribution is -2.45. The number of ether oxygens (including phenoxy) is 1. The molecule has 332 valence electrons. The van der Waals surface area contributed by atoms with Crippen LogP contribution in [-0.2, 0) is 24.1 Å². The lowest BCUT2D eigenvalue weighted by Gasteiger charge is -2.24. The van der Waals surface area contributed by atoms with Crippen LogP contribution in [0.4, 0.5) is 19.1 Å². The van der Waals surface area contributed by atoms with E-state index in [4.69, 9.17) is 9.72 Å². The van der Waals surface area contributed by atoms with Crippen LogP contribution >= 0.6 is 0 Å². The zero-order valence-corrected chi connectivity index (χ0v) is 35.6. The number of allylic oxidation sites excluding steroid dienone is 3. The second-order valence-electron chi connectivity index (χ2n) is 16.6. The predicted octanol–water partition coefficient (Wildman–Crippen LogP) is 5.86. The summed E-state index contributed by atoms with van der Waals surface area (Å²) in [6.07, 6.45) is 7.06. The van der Waals surface area contributed by atoms with Gasteiger partial charge in [0.15, 0.2) is 17.9 Å². The topological polar surface area (TPSA) is 180 Å². The van der Waals surface area contributed by atoms with E-state index in [-0.39, 0.29) is 35.5 Å². The Hall–Kier alpha value is -6.50. The van der Waals surface area contributed by atoms with E-state index in [1.165, 1.54) is 22.8 Å². The number of methoxy groups -OCH3 is 1. The van der Waals surface area contributed by atoms with E-state index in [0.717, 1.165) is 59.2 Å². The zero-order valence-electron chi connectivity index (χ0n) is 35.6. The third kappa shape index (κ3) is 8.98. The van der Waals surface area contributed by atoms with Gasteiger partial charge in [-0.05, 0) is 61.4 Å². The van der Waals surface area contributed by atoms with Crippen molar-refractivity contribution in [3.05, 3.63) is 125 Å².